The van der Waals surface area contributed by atoms with E-state index in [2.05, 4.69) is 15.4 Å². The normalized spacial score (nSPS) is 13.1. The van der Waals surface area contributed by atoms with E-state index in [1.165, 1.54) is 11.8 Å². The molecule has 148 valence electrons. The lowest BCUT2D eigenvalue weighted by Gasteiger charge is -2.09. The van der Waals surface area contributed by atoms with Crippen molar-refractivity contribution < 1.29 is 14.3 Å². The second-order valence-corrected chi connectivity index (χ2v) is 7.31. The molecule has 0 radical (unpaired) electrons. The summed E-state index contributed by atoms with van der Waals surface area (Å²) in [4.78, 5) is 17.3. The third-order valence-electron chi connectivity index (χ3n) is 4.45. The molecule has 0 unspecified atom stereocenters. The molecule has 7 nitrogen and oxygen atoms in total. The van der Waals surface area contributed by atoms with Gasteiger partial charge in [0.05, 0.1) is 26.5 Å². The number of hydrogen-bond acceptors (Lipinski definition) is 6. The van der Waals surface area contributed by atoms with Gasteiger partial charge in [0.2, 0.25) is 0 Å². The third-order valence-corrected chi connectivity index (χ3v) is 5.34. The molecule has 1 N–H and O–H groups in total. The number of amides is 1. The highest BCUT2D eigenvalue weighted by Crippen LogP contribution is 2.34. The van der Waals surface area contributed by atoms with Crippen LogP contribution in [0.2, 0.25) is 0 Å². The van der Waals surface area contributed by atoms with Crippen LogP contribution < -0.4 is 14.8 Å². The molecule has 0 bridgehead atoms. The Morgan fingerprint density at radius 1 is 1.10 bits per heavy atom. The van der Waals surface area contributed by atoms with Crippen molar-refractivity contribution in [2.45, 2.75) is 0 Å². The van der Waals surface area contributed by atoms with E-state index in [9.17, 15) is 4.79 Å². The molecular weight excluding hydrogens is 388 g/mol. The molecule has 4 rings (SSSR count). The van der Waals surface area contributed by atoms with Crippen LogP contribution in [-0.2, 0) is 0 Å². The van der Waals surface area contributed by atoms with Gasteiger partial charge in [0, 0.05) is 17.5 Å². The Morgan fingerprint density at radius 2 is 1.90 bits per heavy atom. The molecule has 3 aromatic rings. The van der Waals surface area contributed by atoms with Crippen LogP contribution in [0, 0.1) is 0 Å². The summed E-state index contributed by atoms with van der Waals surface area (Å²) in [5.74, 6) is 1.78. The number of methoxy groups -OCH3 is 2. The molecular formula is C21H20N4O3S. The first-order chi connectivity index (χ1) is 14.2. The Bertz CT molecular complexity index is 1060. The zero-order valence-electron chi connectivity index (χ0n) is 16.1. The molecule has 0 fully saturated rings. The lowest BCUT2D eigenvalue weighted by Crippen LogP contribution is -2.28. The number of aliphatic imine (C=N–C) groups is 1. The summed E-state index contributed by atoms with van der Waals surface area (Å²) in [6.07, 6.45) is 1.84. The van der Waals surface area contributed by atoms with Crippen molar-refractivity contribution in [2.75, 3.05) is 26.5 Å². The first-order valence-corrected chi connectivity index (χ1v) is 10.0. The Balaban J connectivity index is 1.78. The van der Waals surface area contributed by atoms with Gasteiger partial charge in [-0.3, -0.25) is 15.1 Å². The van der Waals surface area contributed by atoms with Gasteiger partial charge >= 0.3 is 0 Å². The van der Waals surface area contributed by atoms with E-state index in [-0.39, 0.29) is 5.91 Å². The molecule has 1 amide bonds. The van der Waals surface area contributed by atoms with Gasteiger partial charge in [0.1, 0.15) is 0 Å². The van der Waals surface area contributed by atoms with Crippen LogP contribution in [0.15, 0.2) is 59.7 Å². The van der Waals surface area contributed by atoms with Crippen molar-refractivity contribution in [3.8, 4) is 28.3 Å². The molecule has 0 aliphatic carbocycles. The van der Waals surface area contributed by atoms with E-state index in [1.807, 2.05) is 54.7 Å². The fraction of sp³-hybridized carbons (Fsp3) is 0.190. The molecule has 8 heteroatoms. The van der Waals surface area contributed by atoms with Crippen molar-refractivity contribution in [2.24, 2.45) is 4.99 Å². The number of hydrogen-bond donors (Lipinski definition) is 1. The molecule has 2 heterocycles. The third kappa shape index (κ3) is 3.97. The Morgan fingerprint density at radius 3 is 2.59 bits per heavy atom. The Kier molecular flexibility index (Phi) is 5.53. The minimum Gasteiger partial charge on any atom is -0.493 e. The summed E-state index contributed by atoms with van der Waals surface area (Å²) in [7, 11) is 3.17. The molecule has 0 saturated heterocycles. The zero-order valence-corrected chi connectivity index (χ0v) is 16.9. The average Bonchev–Trinajstić information content (AvgIpc) is 3.44. The summed E-state index contributed by atoms with van der Waals surface area (Å²) in [5, 5.41) is 8.06. The fourth-order valence-corrected chi connectivity index (χ4v) is 3.76. The number of rotatable bonds is 5. The highest BCUT2D eigenvalue weighted by Gasteiger charge is 2.22. The van der Waals surface area contributed by atoms with Gasteiger partial charge < -0.3 is 9.47 Å². The maximum absolute atomic E-state index is 13.0. The van der Waals surface area contributed by atoms with Crippen molar-refractivity contribution in [3.63, 3.8) is 0 Å². The maximum Gasteiger partial charge on any atom is 0.278 e. The molecule has 1 aromatic heterocycles. The Labute approximate surface area is 172 Å². The molecule has 1 aliphatic rings. The molecule has 0 spiro atoms. The van der Waals surface area contributed by atoms with Gasteiger partial charge in [-0.2, -0.15) is 5.10 Å². The molecule has 0 saturated carbocycles. The van der Waals surface area contributed by atoms with Gasteiger partial charge in [0.15, 0.2) is 22.4 Å². The number of nitrogens with zero attached hydrogens (tertiary/aromatic N) is 3. The largest absolute Gasteiger partial charge is 0.493 e. The van der Waals surface area contributed by atoms with Crippen molar-refractivity contribution >= 4 is 22.8 Å². The number of para-hydroxylation sites is 1. The number of carbonyl (C=O) groups excluding carboxylic acids is 1. The first-order valence-electron chi connectivity index (χ1n) is 9.05. The number of nitrogens with one attached hydrogen (secondary N) is 1. The summed E-state index contributed by atoms with van der Waals surface area (Å²) in [5.41, 5.74) is 2.67. The average molecular weight is 408 g/mol. The fourth-order valence-electron chi connectivity index (χ4n) is 3.04. The minimum atomic E-state index is -0.294. The topological polar surface area (TPSA) is 77.7 Å². The second kappa shape index (κ2) is 8.40. The number of thioether (sulfide) groups is 1. The van der Waals surface area contributed by atoms with E-state index >= 15 is 0 Å². The van der Waals surface area contributed by atoms with Gasteiger partial charge in [-0.05, 0) is 29.8 Å². The maximum atomic E-state index is 13.0. The van der Waals surface area contributed by atoms with Gasteiger partial charge in [0.25, 0.3) is 5.91 Å². The van der Waals surface area contributed by atoms with Crippen molar-refractivity contribution in [1.29, 1.82) is 0 Å². The van der Waals surface area contributed by atoms with Crippen LogP contribution in [0.3, 0.4) is 0 Å². The number of aromatic nitrogens is 2. The predicted octanol–water partition coefficient (Wildman–Crippen LogP) is 3.39. The monoisotopic (exact) mass is 408 g/mol. The zero-order chi connectivity index (χ0) is 20.2. The molecule has 2 aromatic carbocycles. The smallest absolute Gasteiger partial charge is 0.278 e. The van der Waals surface area contributed by atoms with E-state index < -0.39 is 0 Å². The number of benzene rings is 2. The number of carbonyl (C=O) groups is 1. The standard InChI is InChI=1S/C21H20N4O3S/c1-27-17-9-8-14(12-18(17)28-2)16-13-25(15-6-4-3-5-7-15)24-19(16)20(26)23-21-22-10-11-29-21/h3-9,12-13H,10-11H2,1-2H3,(H,22,23,26). The predicted molar refractivity (Wildman–Crippen MR) is 114 cm³/mol. The lowest BCUT2D eigenvalue weighted by atomic mass is 10.1. The summed E-state index contributed by atoms with van der Waals surface area (Å²) >= 11 is 1.53. The first kappa shape index (κ1) is 19.1. The van der Waals surface area contributed by atoms with Crippen LogP contribution in [0.25, 0.3) is 16.8 Å². The van der Waals surface area contributed by atoms with E-state index in [0.717, 1.165) is 17.0 Å². The highest BCUT2D eigenvalue weighted by molar-refractivity contribution is 8.14. The quantitative estimate of drug-likeness (QED) is 0.700. The van der Waals surface area contributed by atoms with Crippen LogP contribution >= 0.6 is 11.8 Å². The highest BCUT2D eigenvalue weighted by atomic mass is 32.2. The van der Waals surface area contributed by atoms with Gasteiger partial charge in [-0.15, -0.1) is 0 Å². The SMILES string of the molecule is COc1ccc(-c2cn(-c3ccccc3)nc2C(=O)NC2=NCCS2)cc1OC. The van der Waals surface area contributed by atoms with Crippen LogP contribution in [0.1, 0.15) is 10.5 Å². The van der Waals surface area contributed by atoms with Crippen molar-refractivity contribution in [3.05, 3.63) is 60.4 Å². The summed E-state index contributed by atoms with van der Waals surface area (Å²) < 4.78 is 12.4. The van der Waals surface area contributed by atoms with E-state index in [1.54, 1.807) is 18.9 Å². The summed E-state index contributed by atoms with van der Waals surface area (Å²) in [6, 6.07) is 15.2. The summed E-state index contributed by atoms with van der Waals surface area (Å²) in [6.45, 7) is 0.710. The number of ether oxygens (including phenoxy) is 2. The van der Waals surface area contributed by atoms with Crippen LogP contribution in [0.5, 0.6) is 11.5 Å². The minimum absolute atomic E-state index is 0.294. The number of amidine groups is 1. The lowest BCUT2D eigenvalue weighted by molar-refractivity contribution is 0.0973. The van der Waals surface area contributed by atoms with Crippen LogP contribution in [-0.4, -0.2) is 47.4 Å². The molecule has 0 atom stereocenters. The Hall–Kier alpha value is -3.26. The van der Waals surface area contributed by atoms with Gasteiger partial charge in [-0.25, -0.2) is 4.68 Å². The van der Waals surface area contributed by atoms with Gasteiger partial charge in [-0.1, -0.05) is 36.0 Å². The molecule has 29 heavy (non-hydrogen) atoms. The van der Waals surface area contributed by atoms with E-state index in [0.29, 0.717) is 34.5 Å². The molecule has 1 aliphatic heterocycles. The van der Waals surface area contributed by atoms with E-state index in [4.69, 9.17) is 9.47 Å². The van der Waals surface area contributed by atoms with Crippen molar-refractivity contribution in [1.82, 2.24) is 15.1 Å². The van der Waals surface area contributed by atoms with Crippen LogP contribution in [0.4, 0.5) is 0 Å². The second-order valence-electron chi connectivity index (χ2n) is 6.23.